The molecule has 0 bridgehead atoms. The first kappa shape index (κ1) is 15.0. The minimum absolute atomic E-state index is 0.742. The van der Waals surface area contributed by atoms with E-state index in [9.17, 15) is 0 Å². The van der Waals surface area contributed by atoms with Gasteiger partial charge in [0.25, 0.3) is 0 Å². The van der Waals surface area contributed by atoms with Gasteiger partial charge in [-0.2, -0.15) is 0 Å². The molecule has 0 saturated carbocycles. The Morgan fingerprint density at radius 3 is 2.53 bits per heavy atom. The van der Waals surface area contributed by atoms with Gasteiger partial charge in [-0.25, -0.2) is 0 Å². The van der Waals surface area contributed by atoms with Crippen LogP contribution < -0.4 is 5.32 Å². The van der Waals surface area contributed by atoms with Crippen LogP contribution in [0.15, 0.2) is 0 Å². The van der Waals surface area contributed by atoms with Gasteiger partial charge in [0.2, 0.25) is 0 Å². The fourth-order valence-electron chi connectivity index (χ4n) is 3.20. The second kappa shape index (κ2) is 7.38. The molecule has 3 atom stereocenters. The summed E-state index contributed by atoms with van der Waals surface area (Å²) in [6.07, 6.45) is 5.23. The van der Waals surface area contributed by atoms with Crippen molar-refractivity contribution in [1.29, 1.82) is 0 Å². The maximum Gasteiger partial charge on any atom is 0.00940 e. The lowest BCUT2D eigenvalue weighted by Gasteiger charge is -2.42. The number of nitrogens with zero attached hydrogens (tertiary/aromatic N) is 1. The molecule has 1 rings (SSSR count). The number of hydrogen-bond acceptors (Lipinski definition) is 2. The molecule has 0 aromatic carbocycles. The van der Waals surface area contributed by atoms with Crippen molar-refractivity contribution >= 4 is 0 Å². The molecule has 1 saturated heterocycles. The van der Waals surface area contributed by atoms with Gasteiger partial charge < -0.3 is 5.32 Å². The van der Waals surface area contributed by atoms with Gasteiger partial charge in [-0.1, -0.05) is 20.8 Å². The largest absolute Gasteiger partial charge is 0.314 e. The van der Waals surface area contributed by atoms with Crippen LogP contribution >= 0.6 is 0 Å². The second-order valence-electron chi connectivity index (χ2n) is 6.24. The van der Waals surface area contributed by atoms with E-state index in [1.807, 2.05) is 0 Å². The van der Waals surface area contributed by atoms with E-state index < -0.39 is 0 Å². The Labute approximate surface area is 108 Å². The second-order valence-corrected chi connectivity index (χ2v) is 6.24. The summed E-state index contributed by atoms with van der Waals surface area (Å²) < 4.78 is 0. The monoisotopic (exact) mass is 240 g/mol. The predicted octanol–water partition coefficient (Wildman–Crippen LogP) is 3.27. The molecule has 17 heavy (non-hydrogen) atoms. The fraction of sp³-hybridized carbons (Fsp3) is 1.00. The molecule has 1 N–H and O–H groups in total. The number of hydrogen-bond donors (Lipinski definition) is 1. The fourth-order valence-corrected chi connectivity index (χ4v) is 3.20. The minimum atomic E-state index is 0.742. The van der Waals surface area contributed by atoms with Crippen LogP contribution in [0.25, 0.3) is 0 Å². The van der Waals surface area contributed by atoms with Crippen molar-refractivity contribution in [1.82, 2.24) is 10.2 Å². The first-order valence-electron chi connectivity index (χ1n) is 7.53. The molecule has 1 heterocycles. The standard InChI is InChI=1S/C15H32N2/c1-6-8-16-15-7-9-17(14(5)11-15)13(4)10-12(2)3/h12-16H,6-11H2,1-5H3. The van der Waals surface area contributed by atoms with Crippen LogP contribution in [0, 0.1) is 5.92 Å². The Morgan fingerprint density at radius 2 is 2.00 bits per heavy atom. The highest BCUT2D eigenvalue weighted by Gasteiger charge is 2.28. The normalized spacial score (nSPS) is 28.6. The van der Waals surface area contributed by atoms with Gasteiger partial charge in [0.15, 0.2) is 0 Å². The minimum Gasteiger partial charge on any atom is -0.314 e. The van der Waals surface area contributed by atoms with Crippen molar-refractivity contribution in [2.75, 3.05) is 13.1 Å². The molecule has 102 valence electrons. The Morgan fingerprint density at radius 1 is 1.29 bits per heavy atom. The molecule has 3 unspecified atom stereocenters. The molecule has 1 aliphatic rings. The molecule has 0 radical (unpaired) electrons. The zero-order valence-corrected chi connectivity index (χ0v) is 12.5. The maximum absolute atomic E-state index is 3.68. The summed E-state index contributed by atoms with van der Waals surface area (Å²) in [5, 5.41) is 3.68. The van der Waals surface area contributed by atoms with E-state index in [-0.39, 0.29) is 0 Å². The van der Waals surface area contributed by atoms with E-state index in [0.717, 1.165) is 24.0 Å². The first-order chi connectivity index (χ1) is 8.04. The summed E-state index contributed by atoms with van der Waals surface area (Å²) in [5.74, 6) is 0.813. The van der Waals surface area contributed by atoms with Crippen molar-refractivity contribution in [2.45, 2.75) is 78.4 Å². The topological polar surface area (TPSA) is 15.3 Å². The molecule has 0 amide bonds. The van der Waals surface area contributed by atoms with Gasteiger partial charge in [0, 0.05) is 24.7 Å². The van der Waals surface area contributed by atoms with Crippen LogP contribution in [0.2, 0.25) is 0 Å². The van der Waals surface area contributed by atoms with Gasteiger partial charge >= 0.3 is 0 Å². The third-order valence-electron chi connectivity index (χ3n) is 3.99. The summed E-state index contributed by atoms with van der Waals surface area (Å²) in [7, 11) is 0. The van der Waals surface area contributed by atoms with Crippen LogP contribution in [0.3, 0.4) is 0 Å². The molecule has 1 fully saturated rings. The highest BCUT2D eigenvalue weighted by atomic mass is 15.2. The van der Waals surface area contributed by atoms with E-state index in [1.165, 1.54) is 38.8 Å². The molecule has 2 heteroatoms. The molecular formula is C15H32N2. The summed E-state index contributed by atoms with van der Waals surface area (Å²) >= 11 is 0. The molecular weight excluding hydrogens is 208 g/mol. The number of piperidine rings is 1. The summed E-state index contributed by atoms with van der Waals surface area (Å²) in [5.41, 5.74) is 0. The van der Waals surface area contributed by atoms with Crippen molar-refractivity contribution in [3.63, 3.8) is 0 Å². The zero-order chi connectivity index (χ0) is 12.8. The molecule has 2 nitrogen and oxygen atoms in total. The van der Waals surface area contributed by atoms with E-state index in [4.69, 9.17) is 0 Å². The van der Waals surface area contributed by atoms with Gasteiger partial charge in [-0.15, -0.1) is 0 Å². The first-order valence-corrected chi connectivity index (χ1v) is 7.53. The summed E-state index contributed by atoms with van der Waals surface area (Å²) in [4.78, 5) is 2.71. The number of nitrogens with one attached hydrogen (secondary N) is 1. The van der Waals surface area contributed by atoms with E-state index in [0.29, 0.717) is 0 Å². The van der Waals surface area contributed by atoms with Crippen LogP contribution in [0.1, 0.15) is 60.3 Å². The lowest BCUT2D eigenvalue weighted by Crippen LogP contribution is -2.51. The van der Waals surface area contributed by atoms with Crippen molar-refractivity contribution in [3.8, 4) is 0 Å². The van der Waals surface area contributed by atoms with Gasteiger partial charge in [0.05, 0.1) is 0 Å². The van der Waals surface area contributed by atoms with Crippen molar-refractivity contribution in [3.05, 3.63) is 0 Å². The molecule has 0 spiro atoms. The summed E-state index contributed by atoms with van der Waals surface area (Å²) in [6.45, 7) is 14.2. The lowest BCUT2D eigenvalue weighted by atomic mass is 9.94. The smallest absolute Gasteiger partial charge is 0.00940 e. The van der Waals surface area contributed by atoms with Crippen LogP contribution in [-0.2, 0) is 0 Å². The van der Waals surface area contributed by atoms with Gasteiger partial charge in [-0.3, -0.25) is 4.90 Å². The summed E-state index contributed by atoms with van der Waals surface area (Å²) in [6, 6.07) is 2.25. The Balaban J connectivity index is 2.36. The highest BCUT2D eigenvalue weighted by Crippen LogP contribution is 2.22. The molecule has 0 aromatic rings. The van der Waals surface area contributed by atoms with Crippen molar-refractivity contribution in [2.24, 2.45) is 5.92 Å². The molecule has 0 aromatic heterocycles. The predicted molar refractivity (Wildman–Crippen MR) is 76.4 cm³/mol. The van der Waals surface area contributed by atoms with Gasteiger partial charge in [0.1, 0.15) is 0 Å². The SMILES string of the molecule is CCCNC1CCN(C(C)CC(C)C)C(C)C1. The van der Waals surface area contributed by atoms with E-state index in [2.05, 4.69) is 44.8 Å². The van der Waals surface area contributed by atoms with Crippen LogP contribution in [0.5, 0.6) is 0 Å². The zero-order valence-electron chi connectivity index (χ0n) is 12.5. The maximum atomic E-state index is 3.68. The lowest BCUT2D eigenvalue weighted by molar-refractivity contribution is 0.0853. The quantitative estimate of drug-likeness (QED) is 0.766. The van der Waals surface area contributed by atoms with E-state index >= 15 is 0 Å². The Kier molecular flexibility index (Phi) is 6.50. The van der Waals surface area contributed by atoms with Crippen molar-refractivity contribution < 1.29 is 0 Å². The van der Waals surface area contributed by atoms with Crippen LogP contribution in [-0.4, -0.2) is 36.1 Å². The third-order valence-corrected chi connectivity index (χ3v) is 3.99. The average molecular weight is 240 g/mol. The number of likely N-dealkylation sites (tertiary alicyclic amines) is 1. The Bertz CT molecular complexity index is 203. The third kappa shape index (κ3) is 4.97. The molecule has 0 aliphatic carbocycles. The van der Waals surface area contributed by atoms with Crippen LogP contribution in [0.4, 0.5) is 0 Å². The molecule has 1 aliphatic heterocycles. The Hall–Kier alpha value is -0.0800. The number of rotatable bonds is 6. The highest BCUT2D eigenvalue weighted by molar-refractivity contribution is 4.85. The van der Waals surface area contributed by atoms with Gasteiger partial charge in [-0.05, 0) is 52.0 Å². The van der Waals surface area contributed by atoms with E-state index in [1.54, 1.807) is 0 Å². The average Bonchev–Trinajstić information content (AvgIpc) is 2.25.